The molecule has 1 aromatic rings. The summed E-state index contributed by atoms with van der Waals surface area (Å²) in [6.45, 7) is 5.09. The van der Waals surface area contributed by atoms with Crippen LogP contribution in [0.2, 0.25) is 0 Å². The van der Waals surface area contributed by atoms with Gasteiger partial charge in [-0.2, -0.15) is 0 Å². The van der Waals surface area contributed by atoms with Crippen molar-refractivity contribution in [2.24, 2.45) is 5.92 Å². The van der Waals surface area contributed by atoms with Crippen molar-refractivity contribution >= 4 is 5.91 Å². The highest BCUT2D eigenvalue weighted by Crippen LogP contribution is 2.13. The van der Waals surface area contributed by atoms with Crippen molar-refractivity contribution < 1.29 is 14.6 Å². The summed E-state index contributed by atoms with van der Waals surface area (Å²) in [7, 11) is 0. The van der Waals surface area contributed by atoms with Gasteiger partial charge >= 0.3 is 0 Å². The molecule has 0 aliphatic carbocycles. The number of aliphatic hydroxyl groups is 1. The predicted octanol–water partition coefficient (Wildman–Crippen LogP) is 1.83. The van der Waals surface area contributed by atoms with Gasteiger partial charge in [-0.1, -0.05) is 19.9 Å². The monoisotopic (exact) mass is 251 g/mol. The Morgan fingerprint density at radius 3 is 2.94 bits per heavy atom. The van der Waals surface area contributed by atoms with Gasteiger partial charge in [0.25, 0.3) is 5.91 Å². The Balaban J connectivity index is 2.56. The lowest BCUT2D eigenvalue weighted by atomic mass is 10.1. The zero-order valence-corrected chi connectivity index (χ0v) is 11.0. The minimum absolute atomic E-state index is 0.0634. The van der Waals surface area contributed by atoms with Crippen LogP contribution < -0.4 is 10.1 Å². The van der Waals surface area contributed by atoms with E-state index in [0.717, 1.165) is 6.42 Å². The van der Waals surface area contributed by atoms with E-state index in [0.29, 0.717) is 24.5 Å². The maximum Gasteiger partial charge on any atom is 0.251 e. The van der Waals surface area contributed by atoms with Crippen molar-refractivity contribution in [3.05, 3.63) is 29.8 Å². The third-order valence-electron chi connectivity index (χ3n) is 2.49. The van der Waals surface area contributed by atoms with Crippen LogP contribution >= 0.6 is 0 Å². The average Bonchev–Trinajstić information content (AvgIpc) is 2.42. The summed E-state index contributed by atoms with van der Waals surface area (Å²) >= 11 is 0. The number of carbonyl (C=O) groups is 1. The van der Waals surface area contributed by atoms with Gasteiger partial charge in [0.2, 0.25) is 0 Å². The molecular formula is C14H21NO3. The van der Waals surface area contributed by atoms with E-state index in [-0.39, 0.29) is 18.4 Å². The fraction of sp³-hybridized carbons (Fsp3) is 0.500. The van der Waals surface area contributed by atoms with Crippen LogP contribution in [-0.2, 0) is 0 Å². The Morgan fingerprint density at radius 1 is 1.50 bits per heavy atom. The van der Waals surface area contributed by atoms with Gasteiger partial charge in [-0.05, 0) is 30.5 Å². The number of aliphatic hydroxyl groups excluding tert-OH is 1. The van der Waals surface area contributed by atoms with E-state index in [1.165, 1.54) is 0 Å². The number of rotatable bonds is 7. The molecule has 1 atom stereocenters. The number of nitrogens with one attached hydrogen (secondary N) is 1. The summed E-state index contributed by atoms with van der Waals surface area (Å²) in [5.41, 5.74) is 0.578. The molecule has 2 N–H and O–H groups in total. The molecule has 0 heterocycles. The number of carbonyl (C=O) groups excluding carboxylic acids is 1. The van der Waals surface area contributed by atoms with E-state index >= 15 is 0 Å². The smallest absolute Gasteiger partial charge is 0.251 e. The van der Waals surface area contributed by atoms with Crippen molar-refractivity contribution in [1.82, 2.24) is 5.32 Å². The highest BCUT2D eigenvalue weighted by Gasteiger charge is 2.08. The van der Waals surface area contributed by atoms with Crippen LogP contribution in [-0.4, -0.2) is 30.8 Å². The lowest BCUT2D eigenvalue weighted by Gasteiger charge is -2.10. The van der Waals surface area contributed by atoms with Crippen LogP contribution in [0.1, 0.15) is 30.6 Å². The van der Waals surface area contributed by atoms with Gasteiger partial charge in [-0.15, -0.1) is 0 Å². The fourth-order valence-corrected chi connectivity index (χ4v) is 1.38. The first kappa shape index (κ1) is 14.5. The third-order valence-corrected chi connectivity index (χ3v) is 2.49. The van der Waals surface area contributed by atoms with E-state index in [2.05, 4.69) is 5.32 Å². The first-order chi connectivity index (χ1) is 8.67. The largest absolute Gasteiger partial charge is 0.494 e. The maximum atomic E-state index is 11.8. The molecule has 100 valence electrons. The van der Waals surface area contributed by atoms with Crippen LogP contribution in [0.25, 0.3) is 0 Å². The minimum Gasteiger partial charge on any atom is -0.494 e. The van der Waals surface area contributed by atoms with E-state index < -0.39 is 0 Å². The Bertz CT molecular complexity index is 379. The summed E-state index contributed by atoms with van der Waals surface area (Å²) < 4.78 is 5.47. The Kier molecular flexibility index (Phi) is 6.22. The SMILES string of the molecule is CCCOc1cccc(C(=O)NCC(C)CO)c1. The van der Waals surface area contributed by atoms with Gasteiger partial charge in [-0.25, -0.2) is 0 Å². The van der Waals surface area contributed by atoms with Crippen LogP contribution in [0.5, 0.6) is 5.75 Å². The quantitative estimate of drug-likeness (QED) is 0.777. The Morgan fingerprint density at radius 2 is 2.28 bits per heavy atom. The summed E-state index contributed by atoms with van der Waals surface area (Å²) in [6, 6.07) is 7.12. The molecule has 1 unspecified atom stereocenters. The molecule has 4 nitrogen and oxygen atoms in total. The molecule has 4 heteroatoms. The van der Waals surface area contributed by atoms with Crippen LogP contribution in [0.15, 0.2) is 24.3 Å². The predicted molar refractivity (Wildman–Crippen MR) is 70.8 cm³/mol. The van der Waals surface area contributed by atoms with Crippen LogP contribution in [0.3, 0.4) is 0 Å². The topological polar surface area (TPSA) is 58.6 Å². The Hall–Kier alpha value is -1.55. The summed E-state index contributed by atoms with van der Waals surface area (Å²) in [4.78, 5) is 11.8. The summed E-state index contributed by atoms with van der Waals surface area (Å²) in [5, 5.41) is 11.7. The van der Waals surface area contributed by atoms with E-state index in [1.807, 2.05) is 19.9 Å². The zero-order valence-electron chi connectivity index (χ0n) is 11.0. The van der Waals surface area contributed by atoms with E-state index in [1.54, 1.807) is 18.2 Å². The normalized spacial score (nSPS) is 11.9. The first-order valence-corrected chi connectivity index (χ1v) is 6.29. The van der Waals surface area contributed by atoms with Gasteiger partial charge in [0.05, 0.1) is 6.61 Å². The van der Waals surface area contributed by atoms with Gasteiger partial charge in [0.15, 0.2) is 0 Å². The number of hydrogen-bond acceptors (Lipinski definition) is 3. The van der Waals surface area contributed by atoms with Crippen molar-refractivity contribution in [2.75, 3.05) is 19.8 Å². The molecule has 0 fully saturated rings. The van der Waals surface area contributed by atoms with Crippen LogP contribution in [0.4, 0.5) is 0 Å². The number of ether oxygens (including phenoxy) is 1. The number of hydrogen-bond donors (Lipinski definition) is 2. The summed E-state index contributed by atoms with van der Waals surface area (Å²) in [5.74, 6) is 0.630. The molecule has 0 aliphatic heterocycles. The second-order valence-electron chi connectivity index (χ2n) is 4.37. The maximum absolute atomic E-state index is 11.8. The lowest BCUT2D eigenvalue weighted by molar-refractivity contribution is 0.0942. The highest BCUT2D eigenvalue weighted by molar-refractivity contribution is 5.94. The van der Waals surface area contributed by atoms with Crippen molar-refractivity contribution in [2.45, 2.75) is 20.3 Å². The molecular weight excluding hydrogens is 230 g/mol. The van der Waals surface area contributed by atoms with Gasteiger partial charge < -0.3 is 15.2 Å². The average molecular weight is 251 g/mol. The lowest BCUT2D eigenvalue weighted by Crippen LogP contribution is -2.29. The molecule has 0 aromatic heterocycles. The van der Waals surface area contributed by atoms with Crippen LogP contribution in [0, 0.1) is 5.92 Å². The fourth-order valence-electron chi connectivity index (χ4n) is 1.38. The molecule has 0 saturated carbocycles. The Labute approximate surface area is 108 Å². The molecule has 0 radical (unpaired) electrons. The number of benzene rings is 1. The van der Waals surface area contributed by atoms with Gasteiger partial charge in [0, 0.05) is 18.7 Å². The van der Waals surface area contributed by atoms with Gasteiger partial charge in [0.1, 0.15) is 5.75 Å². The van der Waals surface area contributed by atoms with Crippen molar-refractivity contribution in [3.8, 4) is 5.75 Å². The third kappa shape index (κ3) is 4.75. The van der Waals surface area contributed by atoms with E-state index in [9.17, 15) is 4.79 Å². The second-order valence-corrected chi connectivity index (χ2v) is 4.37. The minimum atomic E-state index is -0.141. The molecule has 0 saturated heterocycles. The molecule has 0 aliphatic rings. The highest BCUT2D eigenvalue weighted by atomic mass is 16.5. The second kappa shape index (κ2) is 7.71. The number of amides is 1. The van der Waals surface area contributed by atoms with Crippen molar-refractivity contribution in [1.29, 1.82) is 0 Å². The molecule has 0 spiro atoms. The van der Waals surface area contributed by atoms with Crippen molar-refractivity contribution in [3.63, 3.8) is 0 Å². The molecule has 1 aromatic carbocycles. The van der Waals surface area contributed by atoms with E-state index in [4.69, 9.17) is 9.84 Å². The molecule has 1 rings (SSSR count). The molecule has 0 bridgehead atoms. The standard InChI is InChI=1S/C14H21NO3/c1-3-7-18-13-6-4-5-12(8-13)14(17)15-9-11(2)10-16/h4-6,8,11,16H,3,7,9-10H2,1-2H3,(H,15,17). The summed E-state index contributed by atoms with van der Waals surface area (Å²) in [6.07, 6.45) is 0.935. The molecule has 18 heavy (non-hydrogen) atoms. The van der Waals surface area contributed by atoms with Gasteiger partial charge in [-0.3, -0.25) is 4.79 Å². The first-order valence-electron chi connectivity index (χ1n) is 6.29. The molecule has 1 amide bonds. The zero-order chi connectivity index (χ0) is 13.4.